The number of anilines is 1. The van der Waals surface area contributed by atoms with Gasteiger partial charge in [0.1, 0.15) is 11.4 Å². The van der Waals surface area contributed by atoms with E-state index in [1.54, 1.807) is 30.3 Å². The lowest BCUT2D eigenvalue weighted by atomic mass is 10.1. The van der Waals surface area contributed by atoms with Crippen molar-refractivity contribution in [2.45, 2.75) is 0 Å². The van der Waals surface area contributed by atoms with Crippen LogP contribution >= 0.6 is 0 Å². The molecule has 8 heteroatoms. The highest BCUT2D eigenvalue weighted by Crippen LogP contribution is 2.28. The van der Waals surface area contributed by atoms with Gasteiger partial charge in [0.2, 0.25) is 5.95 Å². The van der Waals surface area contributed by atoms with Crippen LogP contribution in [0.3, 0.4) is 0 Å². The van der Waals surface area contributed by atoms with Crippen molar-refractivity contribution in [3.63, 3.8) is 0 Å². The van der Waals surface area contributed by atoms with Crippen LogP contribution in [-0.2, 0) is 0 Å². The Bertz CT molecular complexity index is 1230. The first-order valence-corrected chi connectivity index (χ1v) is 10.8. The van der Waals surface area contributed by atoms with E-state index < -0.39 is 0 Å². The Hall–Kier alpha value is -4.20. The van der Waals surface area contributed by atoms with Gasteiger partial charge in [-0.1, -0.05) is 30.3 Å². The fourth-order valence-electron chi connectivity index (χ4n) is 3.96. The van der Waals surface area contributed by atoms with E-state index in [2.05, 4.69) is 14.9 Å². The third kappa shape index (κ3) is 4.27. The molecule has 5 rings (SSSR count). The van der Waals surface area contributed by atoms with Crippen LogP contribution in [0.2, 0.25) is 0 Å². The van der Waals surface area contributed by atoms with Crippen LogP contribution in [-0.4, -0.2) is 63.8 Å². The smallest absolute Gasteiger partial charge is 0.257 e. The zero-order chi connectivity index (χ0) is 22.6. The van der Waals surface area contributed by atoms with Crippen molar-refractivity contribution < 1.29 is 9.53 Å². The van der Waals surface area contributed by atoms with Crippen molar-refractivity contribution >= 4 is 11.9 Å². The van der Waals surface area contributed by atoms with E-state index in [1.807, 2.05) is 65.7 Å². The van der Waals surface area contributed by atoms with E-state index in [1.165, 1.54) is 0 Å². The number of carbonyl (C=O) groups excluding carboxylic acids is 1. The van der Waals surface area contributed by atoms with Crippen LogP contribution < -0.4 is 9.64 Å². The molecule has 0 N–H and O–H groups in total. The molecule has 1 amide bonds. The average Bonchev–Trinajstić information content (AvgIpc) is 3.35. The Morgan fingerprint density at radius 2 is 1.67 bits per heavy atom. The molecule has 0 unspecified atom stereocenters. The summed E-state index contributed by atoms with van der Waals surface area (Å²) >= 11 is 0. The zero-order valence-corrected chi connectivity index (χ0v) is 18.3. The first kappa shape index (κ1) is 20.7. The Morgan fingerprint density at radius 3 is 2.39 bits per heavy atom. The van der Waals surface area contributed by atoms with Crippen LogP contribution in [0.4, 0.5) is 5.95 Å². The van der Waals surface area contributed by atoms with Crippen LogP contribution in [0.25, 0.3) is 16.9 Å². The molecule has 4 aromatic rings. The fraction of sp³-hybridized carbons (Fsp3) is 0.200. The minimum absolute atomic E-state index is 0.0383. The summed E-state index contributed by atoms with van der Waals surface area (Å²) in [6.07, 6.45) is 5.29. The molecule has 166 valence electrons. The molecule has 0 spiro atoms. The first-order valence-electron chi connectivity index (χ1n) is 10.8. The Kier molecular flexibility index (Phi) is 5.72. The summed E-state index contributed by atoms with van der Waals surface area (Å²) in [6, 6.07) is 19.2. The molecule has 3 heterocycles. The molecule has 0 aliphatic carbocycles. The summed E-state index contributed by atoms with van der Waals surface area (Å²) in [6.45, 7) is 2.53. The van der Waals surface area contributed by atoms with Crippen molar-refractivity contribution in [1.82, 2.24) is 24.6 Å². The van der Waals surface area contributed by atoms with E-state index in [9.17, 15) is 4.79 Å². The molecular formula is C25H24N6O2. The molecule has 1 fully saturated rings. The third-order valence-electron chi connectivity index (χ3n) is 5.71. The number of carbonyl (C=O) groups is 1. The van der Waals surface area contributed by atoms with Gasteiger partial charge >= 0.3 is 0 Å². The lowest BCUT2D eigenvalue weighted by Gasteiger charge is -2.34. The maximum absolute atomic E-state index is 13.6. The number of benzene rings is 2. The van der Waals surface area contributed by atoms with E-state index >= 15 is 0 Å². The van der Waals surface area contributed by atoms with Gasteiger partial charge in [-0.2, -0.15) is 5.10 Å². The molecule has 0 bridgehead atoms. The van der Waals surface area contributed by atoms with Gasteiger partial charge < -0.3 is 14.5 Å². The van der Waals surface area contributed by atoms with E-state index in [4.69, 9.17) is 9.84 Å². The number of aromatic nitrogens is 4. The number of piperazine rings is 1. The molecule has 2 aromatic carbocycles. The second-order valence-electron chi connectivity index (χ2n) is 7.73. The summed E-state index contributed by atoms with van der Waals surface area (Å²) in [5.41, 5.74) is 2.93. The Morgan fingerprint density at radius 1 is 0.909 bits per heavy atom. The molecule has 0 radical (unpaired) electrons. The summed E-state index contributed by atoms with van der Waals surface area (Å²) < 4.78 is 7.15. The van der Waals surface area contributed by atoms with Crippen LogP contribution in [0.1, 0.15) is 10.4 Å². The minimum atomic E-state index is -0.0383. The zero-order valence-electron chi connectivity index (χ0n) is 18.3. The van der Waals surface area contributed by atoms with Crippen molar-refractivity contribution in [2.75, 3.05) is 38.2 Å². The standard InChI is InChI=1S/C25H24N6O2/c1-33-21-10-5-7-19(17-21)23-22(18-31(28-23)20-8-3-2-4-9-20)24(32)29-13-15-30(16-14-29)25-26-11-6-12-27-25/h2-12,17-18H,13-16H2,1H3. The van der Waals surface area contributed by atoms with Crippen LogP contribution in [0, 0.1) is 0 Å². The van der Waals surface area contributed by atoms with E-state index in [0.717, 1.165) is 17.0 Å². The Balaban J connectivity index is 1.45. The normalized spacial score (nSPS) is 13.7. The highest BCUT2D eigenvalue weighted by Gasteiger charge is 2.27. The number of hydrogen-bond donors (Lipinski definition) is 0. The number of amides is 1. The molecule has 1 aliphatic rings. The van der Waals surface area contributed by atoms with Gasteiger partial charge in [-0.05, 0) is 30.3 Å². The van der Waals surface area contributed by atoms with E-state index in [-0.39, 0.29) is 5.91 Å². The van der Waals surface area contributed by atoms with Gasteiger partial charge in [-0.25, -0.2) is 14.6 Å². The predicted octanol–water partition coefficient (Wildman–Crippen LogP) is 3.30. The minimum Gasteiger partial charge on any atom is -0.497 e. The predicted molar refractivity (Wildman–Crippen MR) is 126 cm³/mol. The molecule has 1 saturated heterocycles. The van der Waals surface area contributed by atoms with Crippen molar-refractivity contribution in [3.8, 4) is 22.7 Å². The van der Waals surface area contributed by atoms with Crippen molar-refractivity contribution in [3.05, 3.63) is 84.8 Å². The first-order chi connectivity index (χ1) is 16.2. The second kappa shape index (κ2) is 9.12. The summed E-state index contributed by atoms with van der Waals surface area (Å²) in [5.74, 6) is 1.37. The quantitative estimate of drug-likeness (QED) is 0.474. The van der Waals surface area contributed by atoms with Gasteiger partial charge in [0.25, 0.3) is 5.91 Å². The number of para-hydroxylation sites is 1. The maximum atomic E-state index is 13.6. The highest BCUT2D eigenvalue weighted by molar-refractivity contribution is 6.00. The number of hydrogen-bond acceptors (Lipinski definition) is 6. The SMILES string of the molecule is COc1cccc(-c2nn(-c3ccccc3)cc2C(=O)N2CCN(c3ncccn3)CC2)c1. The van der Waals surface area contributed by atoms with Crippen molar-refractivity contribution in [1.29, 1.82) is 0 Å². The lowest BCUT2D eigenvalue weighted by Crippen LogP contribution is -2.49. The topological polar surface area (TPSA) is 76.4 Å². The molecule has 0 saturated carbocycles. The fourth-order valence-corrected chi connectivity index (χ4v) is 3.96. The van der Waals surface area contributed by atoms with Gasteiger partial charge in [-0.15, -0.1) is 0 Å². The number of ether oxygens (including phenoxy) is 1. The van der Waals surface area contributed by atoms with Gasteiger partial charge in [-0.3, -0.25) is 4.79 Å². The summed E-state index contributed by atoms with van der Waals surface area (Å²) in [5, 5.41) is 4.79. The molecule has 0 atom stereocenters. The van der Waals surface area contributed by atoms with Gasteiger partial charge in [0.15, 0.2) is 0 Å². The molecule has 1 aliphatic heterocycles. The number of nitrogens with zero attached hydrogens (tertiary/aromatic N) is 6. The summed E-state index contributed by atoms with van der Waals surface area (Å²) in [4.78, 5) is 26.2. The number of rotatable bonds is 5. The molecule has 2 aromatic heterocycles. The average molecular weight is 441 g/mol. The third-order valence-corrected chi connectivity index (χ3v) is 5.71. The number of methoxy groups -OCH3 is 1. The van der Waals surface area contributed by atoms with Gasteiger partial charge in [0, 0.05) is 50.3 Å². The van der Waals surface area contributed by atoms with Gasteiger partial charge in [0.05, 0.1) is 18.4 Å². The highest BCUT2D eigenvalue weighted by atomic mass is 16.5. The maximum Gasteiger partial charge on any atom is 0.257 e. The molecular weight excluding hydrogens is 416 g/mol. The monoisotopic (exact) mass is 440 g/mol. The largest absolute Gasteiger partial charge is 0.497 e. The van der Waals surface area contributed by atoms with Crippen LogP contribution in [0.5, 0.6) is 5.75 Å². The Labute approximate surface area is 192 Å². The molecule has 8 nitrogen and oxygen atoms in total. The van der Waals surface area contributed by atoms with Crippen LogP contribution in [0.15, 0.2) is 79.3 Å². The summed E-state index contributed by atoms with van der Waals surface area (Å²) in [7, 11) is 1.63. The van der Waals surface area contributed by atoms with E-state index in [0.29, 0.717) is 43.4 Å². The lowest BCUT2D eigenvalue weighted by molar-refractivity contribution is 0.0747. The second-order valence-corrected chi connectivity index (χ2v) is 7.73. The molecule has 33 heavy (non-hydrogen) atoms. The van der Waals surface area contributed by atoms with Crippen molar-refractivity contribution in [2.24, 2.45) is 0 Å².